The highest BCUT2D eigenvalue weighted by molar-refractivity contribution is 7.10. The lowest BCUT2D eigenvalue weighted by Gasteiger charge is -2.16. The first-order valence-electron chi connectivity index (χ1n) is 8.81. The molecule has 0 atom stereocenters. The van der Waals surface area contributed by atoms with E-state index in [2.05, 4.69) is 0 Å². The quantitative estimate of drug-likeness (QED) is 0.390. The Morgan fingerprint density at radius 1 is 0.828 bits per heavy atom. The molecular formula is C22H19NO5S. The van der Waals surface area contributed by atoms with Crippen molar-refractivity contribution in [1.29, 1.82) is 0 Å². The molecule has 0 aliphatic carbocycles. The Bertz CT molecular complexity index is 926. The number of hydrogen-bond acceptors (Lipinski definition) is 6. The van der Waals surface area contributed by atoms with Gasteiger partial charge in [0.1, 0.15) is 13.2 Å². The van der Waals surface area contributed by atoms with Crippen LogP contribution >= 0.6 is 11.3 Å². The molecule has 0 saturated carbocycles. The number of nitrogens with zero attached hydrogens (tertiary/aromatic N) is 1. The first-order valence-corrected chi connectivity index (χ1v) is 9.69. The third kappa shape index (κ3) is 6.82. The summed E-state index contributed by atoms with van der Waals surface area (Å²) >= 11 is 1.48. The van der Waals surface area contributed by atoms with Crippen LogP contribution in [0.15, 0.2) is 84.4 Å². The Kier molecular flexibility index (Phi) is 7.42. The van der Waals surface area contributed by atoms with Crippen LogP contribution in [0.25, 0.3) is 6.08 Å². The molecule has 0 saturated heterocycles. The van der Waals surface area contributed by atoms with E-state index in [1.165, 1.54) is 17.5 Å². The topological polar surface area (TPSA) is 65.1 Å². The van der Waals surface area contributed by atoms with Crippen molar-refractivity contribution < 1.29 is 23.9 Å². The normalized spacial score (nSPS) is 10.5. The van der Waals surface area contributed by atoms with Crippen LogP contribution in [0.3, 0.4) is 0 Å². The summed E-state index contributed by atoms with van der Waals surface area (Å²) in [7, 11) is 0. The van der Waals surface area contributed by atoms with E-state index in [1.807, 2.05) is 78.2 Å². The summed E-state index contributed by atoms with van der Waals surface area (Å²) < 4.78 is 10.3. The molecule has 29 heavy (non-hydrogen) atoms. The van der Waals surface area contributed by atoms with E-state index in [9.17, 15) is 9.59 Å². The molecule has 7 heteroatoms. The van der Waals surface area contributed by atoms with Gasteiger partial charge in [0.2, 0.25) is 0 Å². The van der Waals surface area contributed by atoms with Gasteiger partial charge in [-0.3, -0.25) is 4.84 Å². The molecule has 1 amide bonds. The van der Waals surface area contributed by atoms with Gasteiger partial charge in [0.15, 0.2) is 0 Å². The maximum Gasteiger partial charge on any atom is 0.534 e. The highest BCUT2D eigenvalue weighted by Crippen LogP contribution is 2.13. The maximum atomic E-state index is 12.4. The molecule has 0 fully saturated rings. The minimum atomic E-state index is -1.01. The van der Waals surface area contributed by atoms with Crippen LogP contribution in [-0.2, 0) is 27.5 Å². The van der Waals surface area contributed by atoms with E-state index in [4.69, 9.17) is 14.3 Å². The molecule has 0 aliphatic rings. The lowest BCUT2D eigenvalue weighted by Crippen LogP contribution is -2.29. The summed E-state index contributed by atoms with van der Waals surface area (Å²) in [5.74, 6) is 0. The summed E-state index contributed by atoms with van der Waals surface area (Å²) in [6.45, 7) is 0.0760. The Balaban J connectivity index is 1.60. The van der Waals surface area contributed by atoms with E-state index >= 15 is 0 Å². The SMILES string of the molecule is O=C(OCc1ccccc1)ON(/C=C/c1cccs1)C(=O)OCc1ccccc1. The third-order valence-electron chi connectivity index (χ3n) is 3.67. The summed E-state index contributed by atoms with van der Waals surface area (Å²) in [5, 5.41) is 2.61. The molecule has 148 valence electrons. The molecular weight excluding hydrogens is 390 g/mol. The fourth-order valence-electron chi connectivity index (χ4n) is 2.26. The standard InChI is InChI=1S/C22H19NO5S/c24-21(26-16-18-8-3-1-4-9-18)23(14-13-20-12-7-15-29-20)28-22(25)27-17-19-10-5-2-6-11-19/h1-15H,16-17H2/b14-13+. The number of benzene rings is 2. The molecule has 6 nitrogen and oxygen atoms in total. The van der Waals surface area contributed by atoms with E-state index in [0.29, 0.717) is 0 Å². The number of hydrogen-bond donors (Lipinski definition) is 0. The number of amides is 1. The summed E-state index contributed by atoms with van der Waals surface area (Å²) in [6, 6.07) is 22.1. The average Bonchev–Trinajstić information content (AvgIpc) is 3.28. The van der Waals surface area contributed by atoms with E-state index in [-0.39, 0.29) is 13.2 Å². The molecule has 2 aromatic carbocycles. The van der Waals surface area contributed by atoms with Crippen LogP contribution in [-0.4, -0.2) is 17.3 Å². The number of hydroxylamine groups is 2. The van der Waals surface area contributed by atoms with Crippen molar-refractivity contribution in [1.82, 2.24) is 5.06 Å². The Morgan fingerprint density at radius 2 is 1.45 bits per heavy atom. The molecule has 3 aromatic rings. The van der Waals surface area contributed by atoms with Crippen LogP contribution in [0.4, 0.5) is 9.59 Å². The zero-order valence-electron chi connectivity index (χ0n) is 15.5. The second kappa shape index (κ2) is 10.7. The van der Waals surface area contributed by atoms with Crippen molar-refractivity contribution in [3.63, 3.8) is 0 Å². The van der Waals surface area contributed by atoms with Gasteiger partial charge in [0.25, 0.3) is 0 Å². The number of rotatable bonds is 6. The van der Waals surface area contributed by atoms with Crippen molar-refractivity contribution in [3.05, 3.63) is 100 Å². The highest BCUT2D eigenvalue weighted by atomic mass is 32.1. The van der Waals surface area contributed by atoms with Gasteiger partial charge < -0.3 is 9.47 Å². The zero-order valence-corrected chi connectivity index (χ0v) is 16.3. The largest absolute Gasteiger partial charge is 0.534 e. The second-order valence-corrected chi connectivity index (χ2v) is 6.79. The van der Waals surface area contributed by atoms with Crippen molar-refractivity contribution in [3.8, 4) is 0 Å². The molecule has 0 spiro atoms. The number of carbonyl (C=O) groups is 2. The van der Waals surface area contributed by atoms with Gasteiger partial charge in [-0.15, -0.1) is 16.4 Å². The van der Waals surface area contributed by atoms with Crippen LogP contribution in [0, 0.1) is 0 Å². The minimum Gasteiger partial charge on any atom is -0.442 e. The average molecular weight is 409 g/mol. The molecule has 0 unspecified atom stereocenters. The molecule has 0 bridgehead atoms. The van der Waals surface area contributed by atoms with E-state index < -0.39 is 12.2 Å². The van der Waals surface area contributed by atoms with Gasteiger partial charge in [-0.1, -0.05) is 66.7 Å². The van der Waals surface area contributed by atoms with Crippen molar-refractivity contribution >= 4 is 29.7 Å². The van der Waals surface area contributed by atoms with Crippen LogP contribution in [0.2, 0.25) is 0 Å². The van der Waals surface area contributed by atoms with Gasteiger partial charge in [-0.05, 0) is 28.6 Å². The second-order valence-electron chi connectivity index (χ2n) is 5.81. The van der Waals surface area contributed by atoms with Crippen molar-refractivity contribution in [2.24, 2.45) is 0 Å². The molecule has 0 radical (unpaired) electrons. The Morgan fingerprint density at radius 3 is 2.03 bits per heavy atom. The summed E-state index contributed by atoms with van der Waals surface area (Å²) in [4.78, 5) is 30.4. The molecule has 0 aliphatic heterocycles. The maximum absolute atomic E-state index is 12.4. The summed E-state index contributed by atoms with van der Waals surface area (Å²) in [5.41, 5.74) is 1.62. The van der Waals surface area contributed by atoms with Gasteiger partial charge in [-0.2, -0.15) is 0 Å². The number of ether oxygens (including phenoxy) is 2. The first-order chi connectivity index (χ1) is 14.2. The smallest absolute Gasteiger partial charge is 0.442 e. The monoisotopic (exact) mass is 409 g/mol. The summed E-state index contributed by atoms with van der Waals surface area (Å²) in [6.07, 6.45) is 1.11. The third-order valence-corrected chi connectivity index (χ3v) is 4.51. The van der Waals surface area contributed by atoms with Crippen LogP contribution < -0.4 is 0 Å². The molecule has 0 N–H and O–H groups in total. The van der Waals surface area contributed by atoms with Gasteiger partial charge in [0.05, 0.1) is 6.20 Å². The first kappa shape index (κ1) is 20.2. The zero-order chi connectivity index (χ0) is 20.3. The van der Waals surface area contributed by atoms with Crippen molar-refractivity contribution in [2.45, 2.75) is 13.2 Å². The predicted molar refractivity (Wildman–Crippen MR) is 110 cm³/mol. The van der Waals surface area contributed by atoms with E-state index in [1.54, 1.807) is 6.08 Å². The minimum absolute atomic E-state index is 0.0290. The fraction of sp³-hybridized carbons (Fsp3) is 0.0909. The predicted octanol–water partition coefficient (Wildman–Crippen LogP) is 5.63. The fourth-order valence-corrected chi connectivity index (χ4v) is 2.87. The Labute approximate surface area is 172 Å². The van der Waals surface area contributed by atoms with E-state index in [0.717, 1.165) is 21.1 Å². The van der Waals surface area contributed by atoms with Crippen molar-refractivity contribution in [2.75, 3.05) is 0 Å². The number of carbonyl (C=O) groups excluding carboxylic acids is 2. The molecule has 3 rings (SSSR count). The molecule has 1 heterocycles. The lowest BCUT2D eigenvalue weighted by atomic mass is 10.2. The molecule has 1 aromatic heterocycles. The Hall–Kier alpha value is -3.58. The van der Waals surface area contributed by atoms with Gasteiger partial charge >= 0.3 is 12.2 Å². The number of thiophene rings is 1. The van der Waals surface area contributed by atoms with Crippen LogP contribution in [0.5, 0.6) is 0 Å². The van der Waals surface area contributed by atoms with Gasteiger partial charge in [-0.25, -0.2) is 9.59 Å². The highest BCUT2D eigenvalue weighted by Gasteiger charge is 2.19. The van der Waals surface area contributed by atoms with Crippen LogP contribution in [0.1, 0.15) is 16.0 Å². The lowest BCUT2D eigenvalue weighted by molar-refractivity contribution is -0.0839. The van der Waals surface area contributed by atoms with Gasteiger partial charge in [0, 0.05) is 4.88 Å².